The summed E-state index contributed by atoms with van der Waals surface area (Å²) in [6.45, 7) is 6.18. The summed E-state index contributed by atoms with van der Waals surface area (Å²) in [5.41, 5.74) is 3.03. The van der Waals surface area contributed by atoms with Crippen molar-refractivity contribution in [2.75, 3.05) is 24.5 Å². The number of halogens is 1. The fourth-order valence-electron chi connectivity index (χ4n) is 4.91. The van der Waals surface area contributed by atoms with E-state index < -0.39 is 0 Å². The number of carbonyl (C=O) groups excluding carboxylic acids is 1. The second kappa shape index (κ2) is 9.50. The van der Waals surface area contributed by atoms with Gasteiger partial charge in [0.1, 0.15) is 17.0 Å². The van der Waals surface area contributed by atoms with Crippen molar-refractivity contribution in [3.05, 3.63) is 34.9 Å². The molecule has 0 bridgehead atoms. The lowest BCUT2D eigenvalue weighted by molar-refractivity contribution is -0.135. The number of aromatic nitrogens is 3. The van der Waals surface area contributed by atoms with Crippen LogP contribution in [0.25, 0.3) is 11.3 Å². The van der Waals surface area contributed by atoms with E-state index in [0.29, 0.717) is 47.2 Å². The SMILES string of the molecule is CC.N#Cc1cc(-c2cncc(Cl)n2)c(C2CC2)nc1N1CCN(C(=O)C2CC2)C(C2CC2)C1. The number of anilines is 1. The van der Waals surface area contributed by atoms with Crippen molar-refractivity contribution in [3.8, 4) is 17.3 Å². The standard InChI is InChI=1S/C24H25ClN6O.C2H6/c25-21-12-27-11-19(28-21)18-9-17(10-26)23(29-22(18)15-3-4-15)30-7-8-31(24(32)16-5-6-16)20(13-30)14-1-2-14;1-2/h9,11-12,14-16,20H,1-8,13H2;1-2H3. The minimum Gasteiger partial charge on any atom is -0.352 e. The molecule has 2 aromatic rings. The first kappa shape index (κ1) is 23.0. The molecule has 1 aliphatic heterocycles. The summed E-state index contributed by atoms with van der Waals surface area (Å²) in [6, 6.07) is 4.50. The predicted molar refractivity (Wildman–Crippen MR) is 131 cm³/mol. The fourth-order valence-corrected chi connectivity index (χ4v) is 5.06. The smallest absolute Gasteiger partial charge is 0.226 e. The first-order valence-electron chi connectivity index (χ1n) is 12.6. The second-order valence-corrected chi connectivity index (χ2v) is 9.95. The van der Waals surface area contributed by atoms with Gasteiger partial charge in [-0.25, -0.2) is 9.97 Å². The van der Waals surface area contributed by atoms with Crippen molar-refractivity contribution >= 4 is 23.3 Å². The Morgan fingerprint density at radius 2 is 1.85 bits per heavy atom. The zero-order chi connectivity index (χ0) is 23.8. The van der Waals surface area contributed by atoms with Crippen LogP contribution in [-0.2, 0) is 4.79 Å². The van der Waals surface area contributed by atoms with Gasteiger partial charge in [0.25, 0.3) is 0 Å². The largest absolute Gasteiger partial charge is 0.352 e. The summed E-state index contributed by atoms with van der Waals surface area (Å²) < 4.78 is 0. The number of pyridine rings is 1. The van der Waals surface area contributed by atoms with E-state index in [2.05, 4.69) is 25.8 Å². The van der Waals surface area contributed by atoms with E-state index in [0.717, 1.165) is 49.3 Å². The molecule has 3 heterocycles. The number of nitrogens with zero attached hydrogens (tertiary/aromatic N) is 6. The van der Waals surface area contributed by atoms with Crippen molar-refractivity contribution in [3.63, 3.8) is 0 Å². The van der Waals surface area contributed by atoms with Crippen LogP contribution in [0.5, 0.6) is 0 Å². The van der Waals surface area contributed by atoms with Gasteiger partial charge in [0.05, 0.1) is 35.4 Å². The van der Waals surface area contributed by atoms with Crippen molar-refractivity contribution in [1.29, 1.82) is 5.26 Å². The van der Waals surface area contributed by atoms with Crippen molar-refractivity contribution < 1.29 is 4.79 Å². The van der Waals surface area contributed by atoms with E-state index >= 15 is 0 Å². The molecule has 0 spiro atoms. The lowest BCUT2D eigenvalue weighted by atomic mass is 10.0. The Bertz CT molecular complexity index is 1120. The Morgan fingerprint density at radius 1 is 1.09 bits per heavy atom. The normalized spacial score (nSPS) is 22.0. The van der Waals surface area contributed by atoms with Gasteiger partial charge in [0.2, 0.25) is 5.91 Å². The number of hydrogen-bond acceptors (Lipinski definition) is 6. The third-order valence-electron chi connectivity index (χ3n) is 7.09. The molecule has 1 unspecified atom stereocenters. The van der Waals surface area contributed by atoms with Crippen LogP contribution in [0.1, 0.15) is 69.5 Å². The van der Waals surface area contributed by atoms with Gasteiger partial charge in [-0.1, -0.05) is 25.4 Å². The Kier molecular flexibility index (Phi) is 6.44. The molecule has 3 aliphatic carbocycles. The molecular formula is C26H31ClN6O. The van der Waals surface area contributed by atoms with Gasteiger partial charge in [0.15, 0.2) is 0 Å². The molecule has 4 aliphatic rings. The molecule has 4 fully saturated rings. The van der Waals surface area contributed by atoms with Crippen molar-refractivity contribution in [2.24, 2.45) is 11.8 Å². The Morgan fingerprint density at radius 3 is 2.47 bits per heavy atom. The summed E-state index contributed by atoms with van der Waals surface area (Å²) in [5.74, 6) is 2.29. The van der Waals surface area contributed by atoms with E-state index in [-0.39, 0.29) is 12.0 Å². The average molecular weight is 479 g/mol. The molecule has 1 saturated heterocycles. The molecule has 7 nitrogen and oxygen atoms in total. The van der Waals surface area contributed by atoms with Gasteiger partial charge in [-0.05, 0) is 50.5 Å². The van der Waals surface area contributed by atoms with Gasteiger partial charge >= 0.3 is 0 Å². The molecular weight excluding hydrogens is 448 g/mol. The summed E-state index contributed by atoms with van der Waals surface area (Å²) >= 11 is 6.09. The molecule has 0 N–H and O–H groups in total. The minimum absolute atomic E-state index is 0.230. The number of piperazine rings is 1. The number of amides is 1. The first-order chi connectivity index (χ1) is 16.6. The molecule has 0 aromatic carbocycles. The lowest BCUT2D eigenvalue weighted by Gasteiger charge is -2.43. The number of rotatable bonds is 5. The average Bonchev–Trinajstić information content (AvgIpc) is 3.74. The maximum absolute atomic E-state index is 12.9. The van der Waals surface area contributed by atoms with Crippen LogP contribution in [0.4, 0.5) is 5.82 Å². The maximum Gasteiger partial charge on any atom is 0.226 e. The molecule has 6 rings (SSSR count). The summed E-state index contributed by atoms with van der Waals surface area (Å²) in [7, 11) is 0. The molecule has 0 radical (unpaired) electrons. The monoisotopic (exact) mass is 478 g/mol. The van der Waals surface area contributed by atoms with Crippen LogP contribution in [0.15, 0.2) is 18.5 Å². The number of nitriles is 1. The van der Waals surface area contributed by atoms with E-state index in [1.165, 1.54) is 19.0 Å². The van der Waals surface area contributed by atoms with Crippen LogP contribution < -0.4 is 4.90 Å². The highest BCUT2D eigenvalue weighted by molar-refractivity contribution is 6.29. The van der Waals surface area contributed by atoms with Gasteiger partial charge in [-0.15, -0.1) is 0 Å². The molecule has 2 aromatic heterocycles. The van der Waals surface area contributed by atoms with E-state index in [1.54, 1.807) is 6.20 Å². The van der Waals surface area contributed by atoms with Crippen LogP contribution in [0.2, 0.25) is 5.15 Å². The summed E-state index contributed by atoms with van der Waals surface area (Å²) in [4.78, 5) is 30.9. The zero-order valence-corrected chi connectivity index (χ0v) is 20.6. The Labute approximate surface area is 206 Å². The predicted octanol–water partition coefficient (Wildman–Crippen LogP) is 4.80. The van der Waals surface area contributed by atoms with E-state index in [4.69, 9.17) is 16.6 Å². The van der Waals surface area contributed by atoms with E-state index in [9.17, 15) is 10.1 Å². The van der Waals surface area contributed by atoms with Gasteiger partial charge < -0.3 is 9.80 Å². The molecule has 1 amide bonds. The highest BCUT2D eigenvalue weighted by atomic mass is 35.5. The fraction of sp³-hybridized carbons (Fsp3) is 0.577. The molecule has 1 atom stereocenters. The lowest BCUT2D eigenvalue weighted by Crippen LogP contribution is -2.57. The van der Waals surface area contributed by atoms with E-state index in [1.807, 2.05) is 19.9 Å². The van der Waals surface area contributed by atoms with Crippen molar-refractivity contribution in [1.82, 2.24) is 19.9 Å². The van der Waals surface area contributed by atoms with Crippen LogP contribution in [0, 0.1) is 23.2 Å². The first-order valence-corrected chi connectivity index (χ1v) is 13.0. The molecule has 178 valence electrons. The van der Waals surface area contributed by atoms with Crippen molar-refractivity contribution in [2.45, 2.75) is 64.3 Å². The highest BCUT2D eigenvalue weighted by Gasteiger charge is 2.45. The quantitative estimate of drug-likeness (QED) is 0.613. The Balaban J connectivity index is 0.00000117. The third-order valence-corrected chi connectivity index (χ3v) is 7.27. The minimum atomic E-state index is 0.230. The van der Waals surface area contributed by atoms with Crippen LogP contribution in [-0.4, -0.2) is 51.4 Å². The number of hydrogen-bond donors (Lipinski definition) is 0. The summed E-state index contributed by atoms with van der Waals surface area (Å²) in [6.07, 6.45) is 9.82. The van der Waals surface area contributed by atoms with Gasteiger partial charge in [0, 0.05) is 37.0 Å². The van der Waals surface area contributed by atoms with Gasteiger partial charge in [-0.2, -0.15) is 5.26 Å². The number of carbonyl (C=O) groups is 1. The second-order valence-electron chi connectivity index (χ2n) is 9.56. The van der Waals surface area contributed by atoms with Gasteiger partial charge in [-0.3, -0.25) is 9.78 Å². The molecule has 8 heteroatoms. The molecule has 3 saturated carbocycles. The third kappa shape index (κ3) is 4.61. The Hall–Kier alpha value is -2.72. The summed E-state index contributed by atoms with van der Waals surface area (Å²) in [5, 5.41) is 10.3. The molecule has 34 heavy (non-hydrogen) atoms. The van der Waals surface area contributed by atoms with Crippen LogP contribution >= 0.6 is 11.6 Å². The zero-order valence-electron chi connectivity index (χ0n) is 19.9. The maximum atomic E-state index is 12.9. The topological polar surface area (TPSA) is 86.0 Å². The van der Waals surface area contributed by atoms with Crippen LogP contribution in [0.3, 0.4) is 0 Å². The highest BCUT2D eigenvalue weighted by Crippen LogP contribution is 2.45.